The van der Waals surface area contributed by atoms with Gasteiger partial charge in [-0.05, 0) is 116 Å². The molecule has 0 bridgehead atoms. The minimum absolute atomic E-state index is 0.0412. The lowest BCUT2D eigenvalue weighted by Crippen LogP contribution is -2.63. The van der Waals surface area contributed by atoms with Crippen molar-refractivity contribution in [3.05, 3.63) is 47.5 Å². The fourth-order valence-electron chi connectivity index (χ4n) is 11.6. The van der Waals surface area contributed by atoms with Crippen molar-refractivity contribution in [3.8, 4) is 0 Å². The Bertz CT molecular complexity index is 1330. The number of rotatable bonds is 4. The van der Waals surface area contributed by atoms with E-state index in [1.807, 2.05) is 30.3 Å². The minimum Gasteiger partial charge on any atom is -0.469 e. The molecule has 4 saturated carbocycles. The first-order valence-electron chi connectivity index (χ1n) is 16.7. The molecule has 4 unspecified atom stereocenters. The van der Waals surface area contributed by atoms with Crippen LogP contribution in [0.25, 0.3) is 0 Å². The number of fused-ring (bicyclic) bond motifs is 7. The van der Waals surface area contributed by atoms with E-state index in [2.05, 4.69) is 47.6 Å². The smallest absolute Gasteiger partial charge is 0.312 e. The number of ketones is 1. The maximum atomic E-state index is 14.5. The Morgan fingerprint density at radius 2 is 1.53 bits per heavy atom. The van der Waals surface area contributed by atoms with Crippen molar-refractivity contribution in [1.82, 2.24) is 0 Å². The summed E-state index contributed by atoms with van der Waals surface area (Å²) in [5, 5.41) is 0. The molecule has 234 valence electrons. The van der Waals surface area contributed by atoms with Crippen molar-refractivity contribution in [2.45, 2.75) is 106 Å². The first-order valence-corrected chi connectivity index (χ1v) is 16.7. The molecule has 5 nitrogen and oxygen atoms in total. The molecule has 0 aliphatic heterocycles. The van der Waals surface area contributed by atoms with Crippen LogP contribution in [0, 0.1) is 56.7 Å². The summed E-state index contributed by atoms with van der Waals surface area (Å²) in [5.74, 6) is 0.777. The Kier molecular flexibility index (Phi) is 7.33. The van der Waals surface area contributed by atoms with Gasteiger partial charge in [0.1, 0.15) is 6.61 Å². The Morgan fingerprint density at radius 1 is 0.837 bits per heavy atom. The molecule has 0 spiro atoms. The molecule has 4 fully saturated rings. The minimum atomic E-state index is -0.553. The van der Waals surface area contributed by atoms with Gasteiger partial charge in [0.2, 0.25) is 0 Å². The number of benzene rings is 1. The number of hydrogen-bond acceptors (Lipinski definition) is 5. The molecule has 1 aromatic rings. The highest BCUT2D eigenvalue weighted by Crippen LogP contribution is 2.72. The van der Waals surface area contributed by atoms with Crippen molar-refractivity contribution in [2.75, 3.05) is 7.11 Å². The highest BCUT2D eigenvalue weighted by Gasteiger charge is 2.67. The average Bonchev–Trinajstić information content (AvgIpc) is 2.96. The highest BCUT2D eigenvalue weighted by molar-refractivity contribution is 5.95. The van der Waals surface area contributed by atoms with E-state index in [0.717, 1.165) is 63.4 Å². The third-order valence-corrected chi connectivity index (χ3v) is 14.0. The van der Waals surface area contributed by atoms with Crippen LogP contribution in [0.3, 0.4) is 0 Å². The molecular weight excluding hydrogens is 536 g/mol. The first-order chi connectivity index (χ1) is 20.2. The summed E-state index contributed by atoms with van der Waals surface area (Å²) in [6, 6.07) is 9.90. The lowest BCUT2D eigenvalue weighted by molar-refractivity contribution is -0.187. The van der Waals surface area contributed by atoms with Gasteiger partial charge in [-0.1, -0.05) is 70.5 Å². The molecule has 5 aliphatic rings. The molecule has 0 N–H and O–H groups in total. The number of carbonyl (C=O) groups excluding carboxylic acids is 3. The van der Waals surface area contributed by atoms with Crippen LogP contribution in [0.5, 0.6) is 0 Å². The van der Waals surface area contributed by atoms with Gasteiger partial charge in [0.15, 0.2) is 5.78 Å². The predicted molar refractivity (Wildman–Crippen MR) is 167 cm³/mol. The number of allylic oxidation sites excluding steroid dienone is 2. The van der Waals surface area contributed by atoms with Gasteiger partial charge in [-0.25, -0.2) is 0 Å². The number of ether oxygens (including phenoxy) is 2. The van der Waals surface area contributed by atoms with Crippen molar-refractivity contribution in [2.24, 2.45) is 56.7 Å². The molecule has 0 radical (unpaired) electrons. The summed E-state index contributed by atoms with van der Waals surface area (Å²) >= 11 is 0. The number of hydrogen-bond donors (Lipinski definition) is 0. The Hall–Kier alpha value is -2.43. The van der Waals surface area contributed by atoms with Crippen LogP contribution in [0.15, 0.2) is 42.0 Å². The van der Waals surface area contributed by atoms with Crippen LogP contribution in [0.4, 0.5) is 0 Å². The summed E-state index contributed by atoms with van der Waals surface area (Å²) < 4.78 is 11.2. The van der Waals surface area contributed by atoms with Crippen molar-refractivity contribution in [1.29, 1.82) is 0 Å². The van der Waals surface area contributed by atoms with E-state index in [1.165, 1.54) is 12.7 Å². The second-order valence-corrected chi connectivity index (χ2v) is 16.6. The monoisotopic (exact) mass is 588 g/mol. The van der Waals surface area contributed by atoms with Gasteiger partial charge in [-0.15, -0.1) is 0 Å². The molecule has 0 amide bonds. The SMILES string of the molecule is COC(=O)[C@H]1CC[C@@]2(C)C(CC[C@@]3(C)C4CC[C@@]5(C)CC[C@](C)(C(=O)OCc6ccccc6)CC5C4=CC(=O)C32)C1(C)C. The van der Waals surface area contributed by atoms with Gasteiger partial charge in [0.05, 0.1) is 18.4 Å². The van der Waals surface area contributed by atoms with E-state index in [9.17, 15) is 14.4 Å². The topological polar surface area (TPSA) is 69.7 Å². The summed E-state index contributed by atoms with van der Waals surface area (Å²) in [6.07, 6.45) is 10.6. The first kappa shape index (κ1) is 30.6. The molecule has 1 aromatic carbocycles. The molecule has 0 heterocycles. The summed E-state index contributed by atoms with van der Waals surface area (Å²) in [6.45, 7) is 14.0. The van der Waals surface area contributed by atoms with Gasteiger partial charge < -0.3 is 9.47 Å². The zero-order chi connectivity index (χ0) is 31.0. The third-order valence-electron chi connectivity index (χ3n) is 14.0. The zero-order valence-electron chi connectivity index (χ0n) is 27.5. The van der Waals surface area contributed by atoms with Crippen LogP contribution in [0.1, 0.15) is 105 Å². The van der Waals surface area contributed by atoms with E-state index in [1.54, 1.807) is 0 Å². The number of esters is 2. The fourth-order valence-corrected chi connectivity index (χ4v) is 11.6. The van der Waals surface area contributed by atoms with E-state index >= 15 is 0 Å². The summed E-state index contributed by atoms with van der Waals surface area (Å²) in [4.78, 5) is 40.9. The normalized spacial score (nSPS) is 43.2. The Labute approximate surface area is 258 Å². The Balaban J connectivity index is 1.29. The lowest BCUT2D eigenvalue weighted by atomic mass is 9.36. The molecule has 5 heteroatoms. The molecule has 0 saturated heterocycles. The average molecular weight is 589 g/mol. The van der Waals surface area contributed by atoms with Gasteiger partial charge in [0.25, 0.3) is 0 Å². The largest absolute Gasteiger partial charge is 0.469 e. The van der Waals surface area contributed by atoms with Gasteiger partial charge in [-0.3, -0.25) is 14.4 Å². The van der Waals surface area contributed by atoms with Crippen LogP contribution in [0.2, 0.25) is 0 Å². The van der Waals surface area contributed by atoms with Gasteiger partial charge in [0, 0.05) is 5.92 Å². The van der Waals surface area contributed by atoms with Crippen molar-refractivity contribution < 1.29 is 23.9 Å². The van der Waals surface area contributed by atoms with Crippen LogP contribution in [-0.4, -0.2) is 24.8 Å². The predicted octanol–water partition coefficient (Wildman–Crippen LogP) is 8.11. The van der Waals surface area contributed by atoms with E-state index in [4.69, 9.17) is 9.47 Å². The second kappa shape index (κ2) is 10.3. The van der Waals surface area contributed by atoms with Crippen LogP contribution >= 0.6 is 0 Å². The van der Waals surface area contributed by atoms with Crippen molar-refractivity contribution >= 4 is 17.7 Å². The lowest BCUT2D eigenvalue weighted by Gasteiger charge is -2.67. The zero-order valence-corrected chi connectivity index (χ0v) is 27.5. The van der Waals surface area contributed by atoms with Crippen LogP contribution < -0.4 is 0 Å². The maximum absolute atomic E-state index is 14.5. The fraction of sp³-hybridized carbons (Fsp3) is 0.711. The number of carbonyl (C=O) groups is 3. The van der Waals surface area contributed by atoms with Crippen LogP contribution in [-0.2, 0) is 30.5 Å². The molecule has 9 atom stereocenters. The summed E-state index contributed by atoms with van der Waals surface area (Å²) in [7, 11) is 1.50. The van der Waals surface area contributed by atoms with Gasteiger partial charge >= 0.3 is 11.9 Å². The molecular formula is C38H52O5. The second-order valence-electron chi connectivity index (χ2n) is 16.6. The third kappa shape index (κ3) is 4.57. The Morgan fingerprint density at radius 3 is 2.23 bits per heavy atom. The van der Waals surface area contributed by atoms with E-state index in [0.29, 0.717) is 18.4 Å². The molecule has 6 rings (SSSR count). The highest BCUT2D eigenvalue weighted by atomic mass is 16.5. The summed E-state index contributed by atoms with van der Waals surface area (Å²) in [5.41, 5.74) is 1.40. The van der Waals surface area contributed by atoms with E-state index < -0.39 is 5.41 Å². The quantitative estimate of drug-likeness (QED) is 0.332. The standard InChI is InChI=1S/C38H52O5/c1-34(2)27(32(40)42-7)14-17-38(6)30(34)15-18-37(5)26-13-16-35(3)19-20-36(4,22-28(35)25(26)21-29(39)31(37)38)33(41)43-23-24-11-9-8-10-12-24/h8-12,21,26-28,30-31H,13-20,22-23H2,1-7H3/t26?,27-,28?,30?,31?,35+,36+,37+,38+/m1/s1. The van der Waals surface area contributed by atoms with Gasteiger partial charge in [-0.2, -0.15) is 0 Å². The number of methoxy groups -OCH3 is 1. The molecule has 5 aliphatic carbocycles. The van der Waals surface area contributed by atoms with Crippen molar-refractivity contribution in [3.63, 3.8) is 0 Å². The van der Waals surface area contributed by atoms with E-state index in [-0.39, 0.29) is 57.1 Å². The molecule has 0 aromatic heterocycles. The molecule has 43 heavy (non-hydrogen) atoms. The maximum Gasteiger partial charge on any atom is 0.312 e.